The molecule has 0 bridgehead atoms. The summed E-state index contributed by atoms with van der Waals surface area (Å²) in [6.07, 6.45) is 7.74. The minimum Gasteiger partial charge on any atom is -0.392 e. The van der Waals surface area contributed by atoms with Crippen LogP contribution in [-0.2, 0) is 4.74 Å². The molecule has 0 aromatic heterocycles. The lowest BCUT2D eigenvalue weighted by Crippen LogP contribution is -2.49. The van der Waals surface area contributed by atoms with Crippen LogP contribution in [-0.4, -0.2) is 62.5 Å². The molecule has 0 aromatic rings. The minimum absolute atomic E-state index is 0.0320. The normalized spacial score (nSPS) is 30.3. The summed E-state index contributed by atoms with van der Waals surface area (Å²) < 4.78 is 5.43. The first-order valence-electron chi connectivity index (χ1n) is 9.23. The number of nitrogens with one attached hydrogen (secondary N) is 1. The monoisotopic (exact) mass is 325 g/mol. The molecule has 2 rings (SSSR count). The molecule has 1 heterocycles. The molecular weight excluding hydrogens is 290 g/mol. The Morgan fingerprint density at radius 2 is 2.04 bits per heavy atom. The van der Waals surface area contributed by atoms with Crippen molar-refractivity contribution < 1.29 is 9.84 Å². The molecule has 2 aliphatic rings. The lowest BCUT2D eigenvalue weighted by atomic mass is 9.73. The van der Waals surface area contributed by atoms with E-state index in [9.17, 15) is 5.11 Å². The molecule has 0 spiro atoms. The quantitative estimate of drug-likeness (QED) is 0.601. The Labute approximate surface area is 141 Å². The average molecular weight is 325 g/mol. The summed E-state index contributed by atoms with van der Waals surface area (Å²) >= 11 is 0. The zero-order chi connectivity index (χ0) is 16.7. The smallest absolute Gasteiger partial charge is 0.193 e. The average Bonchev–Trinajstić information content (AvgIpc) is 2.57. The van der Waals surface area contributed by atoms with Gasteiger partial charge in [-0.1, -0.05) is 19.8 Å². The molecule has 0 amide bonds. The van der Waals surface area contributed by atoms with Crippen LogP contribution in [0.4, 0.5) is 0 Å². The molecule has 2 unspecified atom stereocenters. The number of aliphatic hydroxyl groups excluding tert-OH is 1. The number of aliphatic imine (C=N–C) groups is 1. The fourth-order valence-electron chi connectivity index (χ4n) is 3.77. The van der Waals surface area contributed by atoms with Gasteiger partial charge in [0, 0.05) is 45.8 Å². The Kier molecular flexibility index (Phi) is 7.15. The van der Waals surface area contributed by atoms with Crippen molar-refractivity contribution in [1.82, 2.24) is 10.2 Å². The Bertz CT molecular complexity index is 382. The highest BCUT2D eigenvalue weighted by molar-refractivity contribution is 5.79. The van der Waals surface area contributed by atoms with Crippen LogP contribution in [0, 0.1) is 11.3 Å². The van der Waals surface area contributed by atoms with E-state index in [1.165, 1.54) is 25.7 Å². The molecule has 1 saturated heterocycles. The highest BCUT2D eigenvalue weighted by Gasteiger charge is 2.35. The van der Waals surface area contributed by atoms with E-state index < -0.39 is 0 Å². The lowest BCUT2D eigenvalue weighted by molar-refractivity contribution is 0.00368. The van der Waals surface area contributed by atoms with Crippen molar-refractivity contribution in [3.63, 3.8) is 0 Å². The fourth-order valence-corrected chi connectivity index (χ4v) is 3.77. The van der Waals surface area contributed by atoms with Crippen LogP contribution < -0.4 is 5.32 Å². The maximum atomic E-state index is 10.3. The number of aliphatic hydroxyl groups is 1. The maximum Gasteiger partial charge on any atom is 0.193 e. The van der Waals surface area contributed by atoms with Gasteiger partial charge < -0.3 is 20.1 Å². The summed E-state index contributed by atoms with van der Waals surface area (Å²) in [6.45, 7) is 5.83. The number of ether oxygens (including phenoxy) is 1. The molecule has 2 N–H and O–H groups in total. The molecule has 1 aliphatic heterocycles. The van der Waals surface area contributed by atoms with Gasteiger partial charge in [-0.05, 0) is 38.0 Å². The first-order chi connectivity index (χ1) is 11.0. The molecule has 5 heteroatoms. The van der Waals surface area contributed by atoms with Crippen LogP contribution in [0.25, 0.3) is 0 Å². The van der Waals surface area contributed by atoms with Crippen LogP contribution in [0.5, 0.6) is 0 Å². The Morgan fingerprint density at radius 3 is 2.70 bits per heavy atom. The molecule has 1 aliphatic carbocycles. The second-order valence-electron chi connectivity index (χ2n) is 7.58. The van der Waals surface area contributed by atoms with E-state index in [2.05, 4.69) is 29.2 Å². The van der Waals surface area contributed by atoms with Crippen molar-refractivity contribution in [2.75, 3.05) is 40.4 Å². The third-order valence-corrected chi connectivity index (χ3v) is 5.72. The number of rotatable bonds is 5. The van der Waals surface area contributed by atoms with Crippen LogP contribution in [0.3, 0.4) is 0 Å². The van der Waals surface area contributed by atoms with Crippen LogP contribution in [0.2, 0.25) is 0 Å². The van der Waals surface area contributed by atoms with Gasteiger partial charge in [-0.25, -0.2) is 0 Å². The van der Waals surface area contributed by atoms with E-state index in [1.54, 1.807) is 0 Å². The second kappa shape index (κ2) is 8.88. The first kappa shape index (κ1) is 18.5. The van der Waals surface area contributed by atoms with Crippen molar-refractivity contribution >= 4 is 5.96 Å². The summed E-state index contributed by atoms with van der Waals surface area (Å²) in [5, 5.41) is 13.8. The Hall–Kier alpha value is -0.810. The van der Waals surface area contributed by atoms with E-state index in [4.69, 9.17) is 4.74 Å². The Balaban J connectivity index is 1.77. The number of guanidine groups is 1. The summed E-state index contributed by atoms with van der Waals surface area (Å²) in [6, 6.07) is 0. The van der Waals surface area contributed by atoms with Crippen molar-refractivity contribution in [3.8, 4) is 0 Å². The Morgan fingerprint density at radius 1 is 1.30 bits per heavy atom. The molecule has 134 valence electrons. The van der Waals surface area contributed by atoms with Gasteiger partial charge in [0.1, 0.15) is 0 Å². The summed E-state index contributed by atoms with van der Waals surface area (Å²) in [7, 11) is 3.95. The number of hydrogen-bond acceptors (Lipinski definition) is 3. The van der Waals surface area contributed by atoms with Crippen molar-refractivity contribution in [2.45, 2.75) is 58.0 Å². The van der Waals surface area contributed by atoms with Crippen molar-refractivity contribution in [2.24, 2.45) is 16.3 Å². The van der Waals surface area contributed by atoms with Gasteiger partial charge in [-0.3, -0.25) is 4.99 Å². The standard InChI is InChI=1S/C18H35N3O2/c1-18(10-5-4-6-16(18)22)14-20-17(19-2)21(3)11-7-15-8-12-23-13-9-15/h15-16,22H,4-14H2,1-3H3,(H,19,20). The SMILES string of the molecule is CN=C(NCC1(C)CCCCC1O)N(C)CCC1CCOCC1. The maximum absolute atomic E-state index is 10.3. The van der Waals surface area contributed by atoms with Gasteiger partial charge in [0.05, 0.1) is 6.10 Å². The van der Waals surface area contributed by atoms with E-state index in [0.29, 0.717) is 0 Å². The fraction of sp³-hybridized carbons (Fsp3) is 0.944. The van der Waals surface area contributed by atoms with Crippen molar-refractivity contribution in [3.05, 3.63) is 0 Å². The molecule has 2 atom stereocenters. The summed E-state index contributed by atoms with van der Waals surface area (Å²) in [5.74, 6) is 1.72. The van der Waals surface area contributed by atoms with E-state index in [-0.39, 0.29) is 11.5 Å². The lowest BCUT2D eigenvalue weighted by Gasteiger charge is -2.39. The molecule has 0 radical (unpaired) electrons. The van der Waals surface area contributed by atoms with Gasteiger partial charge in [0.15, 0.2) is 5.96 Å². The van der Waals surface area contributed by atoms with Gasteiger partial charge >= 0.3 is 0 Å². The zero-order valence-corrected chi connectivity index (χ0v) is 15.2. The number of nitrogens with zero attached hydrogens (tertiary/aromatic N) is 2. The predicted molar refractivity (Wildman–Crippen MR) is 94.7 cm³/mol. The summed E-state index contributed by atoms with van der Waals surface area (Å²) in [4.78, 5) is 6.63. The van der Waals surface area contributed by atoms with Crippen molar-refractivity contribution in [1.29, 1.82) is 0 Å². The largest absolute Gasteiger partial charge is 0.392 e. The molecule has 5 nitrogen and oxygen atoms in total. The van der Waals surface area contributed by atoms with E-state index in [1.807, 2.05) is 7.05 Å². The highest BCUT2D eigenvalue weighted by atomic mass is 16.5. The molecule has 0 aromatic carbocycles. The van der Waals surface area contributed by atoms with Gasteiger partial charge in [0.2, 0.25) is 0 Å². The highest BCUT2D eigenvalue weighted by Crippen LogP contribution is 2.35. The minimum atomic E-state index is -0.200. The predicted octanol–water partition coefficient (Wildman–Crippen LogP) is 2.25. The second-order valence-corrected chi connectivity index (χ2v) is 7.58. The zero-order valence-electron chi connectivity index (χ0n) is 15.2. The van der Waals surface area contributed by atoms with Crippen LogP contribution >= 0.6 is 0 Å². The van der Waals surface area contributed by atoms with Gasteiger partial charge in [0.25, 0.3) is 0 Å². The third-order valence-electron chi connectivity index (χ3n) is 5.72. The first-order valence-corrected chi connectivity index (χ1v) is 9.23. The van der Waals surface area contributed by atoms with Crippen LogP contribution in [0.1, 0.15) is 51.9 Å². The third kappa shape index (κ3) is 5.35. The van der Waals surface area contributed by atoms with Gasteiger partial charge in [-0.2, -0.15) is 0 Å². The molecule has 1 saturated carbocycles. The topological polar surface area (TPSA) is 57.1 Å². The molecular formula is C18H35N3O2. The van der Waals surface area contributed by atoms with Crippen LogP contribution in [0.15, 0.2) is 4.99 Å². The molecule has 23 heavy (non-hydrogen) atoms. The summed E-state index contributed by atoms with van der Waals surface area (Å²) in [5.41, 5.74) is -0.0320. The van der Waals surface area contributed by atoms with Gasteiger partial charge in [-0.15, -0.1) is 0 Å². The van der Waals surface area contributed by atoms with E-state index >= 15 is 0 Å². The van der Waals surface area contributed by atoms with E-state index in [0.717, 1.165) is 57.4 Å². The molecule has 2 fully saturated rings. The number of hydrogen-bond donors (Lipinski definition) is 2.